The number of alkyl halides is 3. The number of morpholine rings is 1. The van der Waals surface area contributed by atoms with Gasteiger partial charge in [0.05, 0.1) is 36.2 Å². The quantitative estimate of drug-likeness (QED) is 0.446. The Balaban J connectivity index is 1.28. The third kappa shape index (κ3) is 6.23. The average Bonchev–Trinajstić information content (AvgIpc) is 3.45. The Labute approximate surface area is 226 Å². The summed E-state index contributed by atoms with van der Waals surface area (Å²) in [5.74, 6) is -1.44. The van der Waals surface area contributed by atoms with Crippen molar-refractivity contribution >= 4 is 23.5 Å². The summed E-state index contributed by atoms with van der Waals surface area (Å²) in [5, 5.41) is 9.81. The van der Waals surface area contributed by atoms with Crippen LogP contribution < -0.4 is 5.32 Å². The minimum Gasteiger partial charge on any atom is -0.378 e. The highest BCUT2D eigenvalue weighted by Crippen LogP contribution is 2.32. The monoisotopic (exact) mass is 561 g/mol. The van der Waals surface area contributed by atoms with Gasteiger partial charge in [-0.2, -0.15) is 18.3 Å². The molecule has 0 saturated carbocycles. The van der Waals surface area contributed by atoms with Gasteiger partial charge in [-0.3, -0.25) is 19.6 Å². The first kappa shape index (κ1) is 27.5. The molecule has 2 aromatic heterocycles. The number of aromatic nitrogens is 3. The largest absolute Gasteiger partial charge is 0.419 e. The fourth-order valence-electron chi connectivity index (χ4n) is 4.69. The lowest BCUT2D eigenvalue weighted by atomic mass is 10.1. The molecule has 0 spiro atoms. The van der Waals surface area contributed by atoms with E-state index in [-0.39, 0.29) is 19.0 Å². The van der Waals surface area contributed by atoms with Gasteiger partial charge in [-0.25, -0.2) is 9.37 Å². The number of H-pyrrole nitrogens is 1. The Bertz CT molecular complexity index is 1350. The second-order valence-corrected chi connectivity index (χ2v) is 9.47. The molecule has 4 heterocycles. The molecule has 3 aromatic rings. The zero-order valence-electron chi connectivity index (χ0n) is 21.4. The molecule has 40 heavy (non-hydrogen) atoms. The average molecular weight is 562 g/mol. The van der Waals surface area contributed by atoms with Crippen molar-refractivity contribution in [1.82, 2.24) is 29.9 Å². The Morgan fingerprint density at radius 2 is 1.70 bits per heavy atom. The van der Waals surface area contributed by atoms with Crippen LogP contribution >= 0.6 is 0 Å². The molecule has 1 aromatic carbocycles. The van der Waals surface area contributed by atoms with Crippen molar-refractivity contribution in [2.24, 2.45) is 0 Å². The SMILES string of the molecule is O=C(c1cc(CN2CCN(C(=O)c3cccc(C(F)(F)F)c3F)CC2)nc(Nc2ccn[nH]2)c1)N1CCOCC1. The van der Waals surface area contributed by atoms with Gasteiger partial charge < -0.3 is 19.9 Å². The molecule has 2 aliphatic rings. The lowest BCUT2D eigenvalue weighted by Gasteiger charge is -2.35. The van der Waals surface area contributed by atoms with Gasteiger partial charge in [-0.05, 0) is 24.3 Å². The highest BCUT2D eigenvalue weighted by molar-refractivity contribution is 5.95. The van der Waals surface area contributed by atoms with Crippen molar-refractivity contribution in [3.63, 3.8) is 0 Å². The van der Waals surface area contributed by atoms with Gasteiger partial charge in [0.2, 0.25) is 0 Å². The van der Waals surface area contributed by atoms with E-state index in [2.05, 4.69) is 20.5 Å². The number of nitrogens with zero attached hydrogens (tertiary/aromatic N) is 5. The maximum atomic E-state index is 14.5. The number of halogens is 4. The van der Waals surface area contributed by atoms with Crippen molar-refractivity contribution in [2.75, 3.05) is 57.8 Å². The number of carbonyl (C=O) groups is 2. The van der Waals surface area contributed by atoms with E-state index in [1.807, 2.05) is 4.90 Å². The number of aromatic amines is 1. The van der Waals surface area contributed by atoms with E-state index in [0.29, 0.717) is 74.9 Å². The van der Waals surface area contributed by atoms with E-state index in [1.165, 1.54) is 4.90 Å². The first-order valence-electron chi connectivity index (χ1n) is 12.7. The fourth-order valence-corrected chi connectivity index (χ4v) is 4.69. The van der Waals surface area contributed by atoms with Crippen LogP contribution in [0.25, 0.3) is 0 Å². The number of nitrogens with one attached hydrogen (secondary N) is 2. The zero-order chi connectivity index (χ0) is 28.3. The van der Waals surface area contributed by atoms with Crippen LogP contribution in [0, 0.1) is 5.82 Å². The molecule has 0 atom stereocenters. The molecule has 2 fully saturated rings. The summed E-state index contributed by atoms with van der Waals surface area (Å²) in [6, 6.07) is 7.83. The van der Waals surface area contributed by atoms with Crippen molar-refractivity contribution in [3.8, 4) is 0 Å². The molecule has 0 bridgehead atoms. The van der Waals surface area contributed by atoms with E-state index < -0.39 is 29.0 Å². The van der Waals surface area contributed by atoms with Gasteiger partial charge in [0, 0.05) is 57.4 Å². The number of anilines is 2. The van der Waals surface area contributed by atoms with Gasteiger partial charge in [-0.15, -0.1) is 0 Å². The topological polar surface area (TPSA) is 107 Å². The molecular weight excluding hydrogens is 534 g/mol. The summed E-state index contributed by atoms with van der Waals surface area (Å²) in [6.45, 7) is 3.44. The van der Waals surface area contributed by atoms with E-state index in [0.717, 1.165) is 12.1 Å². The molecule has 10 nitrogen and oxygen atoms in total. The van der Waals surface area contributed by atoms with Crippen LogP contribution in [0.15, 0.2) is 42.6 Å². The van der Waals surface area contributed by atoms with Gasteiger partial charge in [-0.1, -0.05) is 6.07 Å². The van der Waals surface area contributed by atoms with Crippen LogP contribution in [-0.4, -0.2) is 94.2 Å². The van der Waals surface area contributed by atoms with Crippen LogP contribution in [0.3, 0.4) is 0 Å². The molecule has 0 unspecified atom stereocenters. The first-order valence-corrected chi connectivity index (χ1v) is 12.7. The second-order valence-electron chi connectivity index (χ2n) is 9.47. The van der Waals surface area contributed by atoms with Crippen LogP contribution in [0.1, 0.15) is 32.0 Å². The molecule has 0 aliphatic carbocycles. The summed E-state index contributed by atoms with van der Waals surface area (Å²) in [4.78, 5) is 35.8. The summed E-state index contributed by atoms with van der Waals surface area (Å²) >= 11 is 0. The standard InChI is InChI=1S/C26H27F4N7O3/c27-23-19(2-1-3-20(23)26(28,29)30)25(39)36-8-6-35(7-9-36)16-18-14-17(24(38)37-10-12-40-13-11-37)15-22(32-18)33-21-4-5-31-34-21/h1-5,14-15H,6-13,16H2,(H2,31,32,33,34). The van der Waals surface area contributed by atoms with Crippen LogP contribution in [0.4, 0.5) is 29.2 Å². The maximum Gasteiger partial charge on any atom is 0.419 e. The van der Waals surface area contributed by atoms with E-state index in [1.54, 1.807) is 29.3 Å². The third-order valence-corrected chi connectivity index (χ3v) is 6.77. The lowest BCUT2D eigenvalue weighted by Crippen LogP contribution is -2.48. The number of piperazine rings is 1. The number of carbonyl (C=O) groups excluding carboxylic acids is 2. The number of pyridine rings is 1. The Morgan fingerprint density at radius 1 is 0.975 bits per heavy atom. The minimum atomic E-state index is -4.89. The zero-order valence-corrected chi connectivity index (χ0v) is 21.4. The molecule has 2 N–H and O–H groups in total. The van der Waals surface area contributed by atoms with Crippen molar-refractivity contribution in [3.05, 3.63) is 70.8 Å². The molecule has 5 rings (SSSR count). The fraction of sp³-hybridized carbons (Fsp3) is 0.385. The smallest absolute Gasteiger partial charge is 0.378 e. The molecule has 2 saturated heterocycles. The number of benzene rings is 1. The van der Waals surface area contributed by atoms with Crippen LogP contribution in [0.2, 0.25) is 0 Å². The van der Waals surface area contributed by atoms with E-state index in [4.69, 9.17) is 4.74 Å². The maximum absolute atomic E-state index is 14.5. The molecule has 2 amide bonds. The van der Waals surface area contributed by atoms with Gasteiger partial charge in [0.1, 0.15) is 17.5 Å². The molecule has 14 heteroatoms. The second kappa shape index (κ2) is 11.6. The first-order chi connectivity index (χ1) is 19.2. The minimum absolute atomic E-state index is 0.141. The van der Waals surface area contributed by atoms with Crippen LogP contribution in [-0.2, 0) is 17.5 Å². The van der Waals surface area contributed by atoms with Gasteiger partial charge in [0.15, 0.2) is 0 Å². The lowest BCUT2D eigenvalue weighted by molar-refractivity contribution is -0.140. The van der Waals surface area contributed by atoms with Crippen molar-refractivity contribution in [2.45, 2.75) is 12.7 Å². The highest BCUT2D eigenvalue weighted by Gasteiger charge is 2.36. The van der Waals surface area contributed by atoms with Gasteiger partial charge >= 0.3 is 6.18 Å². The Hall–Kier alpha value is -4.04. The number of amides is 2. The van der Waals surface area contributed by atoms with Gasteiger partial charge in [0.25, 0.3) is 11.8 Å². The number of rotatable bonds is 6. The normalized spacial score (nSPS) is 16.7. The van der Waals surface area contributed by atoms with Crippen molar-refractivity contribution in [1.29, 1.82) is 0 Å². The van der Waals surface area contributed by atoms with E-state index >= 15 is 0 Å². The number of hydrogen-bond acceptors (Lipinski definition) is 7. The van der Waals surface area contributed by atoms with Crippen molar-refractivity contribution < 1.29 is 31.9 Å². The third-order valence-electron chi connectivity index (χ3n) is 6.77. The molecular formula is C26H27F4N7O3. The summed E-state index contributed by atoms with van der Waals surface area (Å²) in [7, 11) is 0. The predicted octanol–water partition coefficient (Wildman–Crippen LogP) is 3.14. The molecule has 2 aliphatic heterocycles. The Morgan fingerprint density at radius 3 is 2.38 bits per heavy atom. The number of ether oxygens (including phenoxy) is 1. The highest BCUT2D eigenvalue weighted by atomic mass is 19.4. The Kier molecular flexibility index (Phi) is 7.98. The summed E-state index contributed by atoms with van der Waals surface area (Å²) in [5.41, 5.74) is -0.990. The van der Waals surface area contributed by atoms with Crippen LogP contribution in [0.5, 0.6) is 0 Å². The summed E-state index contributed by atoms with van der Waals surface area (Å²) < 4.78 is 59.1. The molecule has 0 radical (unpaired) electrons. The molecule has 212 valence electrons. The summed E-state index contributed by atoms with van der Waals surface area (Å²) in [6.07, 6.45) is -3.31. The number of hydrogen-bond donors (Lipinski definition) is 2. The van der Waals surface area contributed by atoms with E-state index in [9.17, 15) is 27.2 Å². The predicted molar refractivity (Wildman–Crippen MR) is 135 cm³/mol.